The Labute approximate surface area is 140 Å². The molecule has 0 aliphatic heterocycles. The van der Waals surface area contributed by atoms with E-state index in [9.17, 15) is 14.0 Å². The molecule has 1 fully saturated rings. The first-order valence-corrected chi connectivity index (χ1v) is 8.01. The quantitative estimate of drug-likeness (QED) is 0.887. The van der Waals surface area contributed by atoms with Gasteiger partial charge in [0.2, 0.25) is 5.91 Å². The van der Waals surface area contributed by atoms with Crippen molar-refractivity contribution in [1.29, 1.82) is 0 Å². The second-order valence-corrected chi connectivity index (χ2v) is 5.89. The van der Waals surface area contributed by atoms with Gasteiger partial charge in [0.15, 0.2) is 0 Å². The zero-order valence-electron chi connectivity index (χ0n) is 13.2. The largest absolute Gasteiger partial charge is 0.343 e. The molecule has 1 aliphatic rings. The Kier molecular flexibility index (Phi) is 4.89. The van der Waals surface area contributed by atoms with Crippen molar-refractivity contribution in [2.75, 3.05) is 6.54 Å². The predicted molar refractivity (Wildman–Crippen MR) is 88.7 cm³/mol. The molecule has 0 bridgehead atoms. The van der Waals surface area contributed by atoms with Crippen LogP contribution in [-0.4, -0.2) is 29.3 Å². The minimum atomic E-state index is -0.315. The molecule has 0 atom stereocenters. The first-order chi connectivity index (χ1) is 11.6. The third kappa shape index (κ3) is 3.98. The van der Waals surface area contributed by atoms with E-state index >= 15 is 0 Å². The molecule has 0 radical (unpaired) electrons. The van der Waals surface area contributed by atoms with E-state index in [2.05, 4.69) is 5.32 Å². The van der Waals surface area contributed by atoms with Crippen LogP contribution in [-0.2, 0) is 11.3 Å². The van der Waals surface area contributed by atoms with Crippen molar-refractivity contribution in [3.8, 4) is 0 Å². The van der Waals surface area contributed by atoms with Crippen molar-refractivity contribution < 1.29 is 14.0 Å². The molecule has 0 heterocycles. The summed E-state index contributed by atoms with van der Waals surface area (Å²) < 4.78 is 13.8. The van der Waals surface area contributed by atoms with E-state index < -0.39 is 0 Å². The normalized spacial score (nSPS) is 13.4. The smallest absolute Gasteiger partial charge is 0.251 e. The van der Waals surface area contributed by atoms with Crippen LogP contribution in [0.15, 0.2) is 54.6 Å². The van der Waals surface area contributed by atoms with Crippen LogP contribution in [0, 0.1) is 5.82 Å². The lowest BCUT2D eigenvalue weighted by molar-refractivity contribution is -0.131. The second-order valence-electron chi connectivity index (χ2n) is 5.89. The van der Waals surface area contributed by atoms with Crippen molar-refractivity contribution in [1.82, 2.24) is 10.2 Å². The summed E-state index contributed by atoms with van der Waals surface area (Å²) in [5.74, 6) is -0.792. The molecular weight excluding hydrogens is 307 g/mol. The second kappa shape index (κ2) is 7.25. The third-order valence-electron chi connectivity index (χ3n) is 4.04. The van der Waals surface area contributed by atoms with E-state index in [1.165, 1.54) is 6.07 Å². The lowest BCUT2D eigenvalue weighted by atomic mass is 10.2. The highest BCUT2D eigenvalue weighted by atomic mass is 19.1. The Bertz CT molecular complexity index is 729. The third-order valence-corrected chi connectivity index (χ3v) is 4.04. The fraction of sp³-hybridized carbons (Fsp3) is 0.263. The molecule has 24 heavy (non-hydrogen) atoms. The van der Waals surface area contributed by atoms with Gasteiger partial charge in [-0.25, -0.2) is 4.39 Å². The average molecular weight is 326 g/mol. The number of halogens is 1. The molecule has 0 unspecified atom stereocenters. The van der Waals surface area contributed by atoms with Crippen molar-refractivity contribution in [2.45, 2.75) is 25.4 Å². The number of rotatable bonds is 6. The standard InChI is InChI=1S/C19H19FN2O2/c20-17-9-5-4-8-15(17)13-22(16-10-11-16)18(23)12-21-19(24)14-6-2-1-3-7-14/h1-9,16H,10-13H2,(H,21,24). The number of nitrogens with one attached hydrogen (secondary N) is 1. The summed E-state index contributed by atoms with van der Waals surface area (Å²) in [6.45, 7) is 0.149. The summed E-state index contributed by atoms with van der Waals surface area (Å²) in [6, 6.07) is 15.3. The van der Waals surface area contributed by atoms with Crippen LogP contribution in [0.25, 0.3) is 0 Å². The number of hydrogen-bond acceptors (Lipinski definition) is 2. The predicted octanol–water partition coefficient (Wildman–Crippen LogP) is 2.75. The van der Waals surface area contributed by atoms with Gasteiger partial charge in [0.1, 0.15) is 5.82 Å². The highest BCUT2D eigenvalue weighted by Crippen LogP contribution is 2.28. The molecule has 4 nitrogen and oxygen atoms in total. The van der Waals surface area contributed by atoms with Crippen molar-refractivity contribution >= 4 is 11.8 Å². The highest BCUT2D eigenvalue weighted by Gasteiger charge is 2.32. The zero-order valence-corrected chi connectivity index (χ0v) is 13.2. The van der Waals surface area contributed by atoms with Crippen LogP contribution in [0.1, 0.15) is 28.8 Å². The van der Waals surface area contributed by atoms with Crippen molar-refractivity contribution in [3.05, 3.63) is 71.5 Å². The monoisotopic (exact) mass is 326 g/mol. The maximum atomic E-state index is 13.8. The van der Waals surface area contributed by atoms with Gasteiger partial charge in [-0.1, -0.05) is 36.4 Å². The topological polar surface area (TPSA) is 49.4 Å². The Morgan fingerprint density at radius 3 is 2.38 bits per heavy atom. The molecule has 2 amide bonds. The fourth-order valence-electron chi connectivity index (χ4n) is 2.57. The highest BCUT2D eigenvalue weighted by molar-refractivity contribution is 5.96. The van der Waals surface area contributed by atoms with E-state index in [1.54, 1.807) is 47.4 Å². The summed E-state index contributed by atoms with van der Waals surface area (Å²) >= 11 is 0. The Hall–Kier alpha value is -2.69. The number of amides is 2. The number of benzene rings is 2. The number of carbonyl (C=O) groups excluding carboxylic acids is 2. The maximum absolute atomic E-state index is 13.8. The molecule has 0 spiro atoms. The molecule has 0 saturated heterocycles. The van der Waals surface area contributed by atoms with Crippen molar-refractivity contribution in [2.24, 2.45) is 0 Å². The first-order valence-electron chi connectivity index (χ1n) is 8.01. The Balaban J connectivity index is 1.61. The summed E-state index contributed by atoms with van der Waals surface area (Å²) in [4.78, 5) is 26.1. The van der Waals surface area contributed by atoms with E-state index in [0.29, 0.717) is 11.1 Å². The molecule has 1 saturated carbocycles. The molecule has 0 aromatic heterocycles. The van der Waals surface area contributed by atoms with Gasteiger partial charge in [-0.3, -0.25) is 9.59 Å². The SMILES string of the molecule is O=C(NCC(=O)N(Cc1ccccc1F)C1CC1)c1ccccc1. The summed E-state index contributed by atoms with van der Waals surface area (Å²) in [6.07, 6.45) is 1.85. The van der Waals surface area contributed by atoms with Gasteiger partial charge in [-0.15, -0.1) is 0 Å². The van der Waals surface area contributed by atoms with E-state index in [4.69, 9.17) is 0 Å². The van der Waals surface area contributed by atoms with Crippen LogP contribution >= 0.6 is 0 Å². The van der Waals surface area contributed by atoms with Crippen LogP contribution in [0.2, 0.25) is 0 Å². The molecule has 5 heteroatoms. The molecule has 124 valence electrons. The van der Waals surface area contributed by atoms with E-state index in [-0.39, 0.29) is 36.8 Å². The maximum Gasteiger partial charge on any atom is 0.251 e. The average Bonchev–Trinajstić information content (AvgIpc) is 3.44. The van der Waals surface area contributed by atoms with Crippen molar-refractivity contribution in [3.63, 3.8) is 0 Å². The van der Waals surface area contributed by atoms with E-state index in [0.717, 1.165) is 12.8 Å². The molecule has 2 aromatic rings. The first kappa shape index (κ1) is 16.2. The summed E-state index contributed by atoms with van der Waals surface area (Å²) in [5, 5.41) is 2.64. The summed E-state index contributed by atoms with van der Waals surface area (Å²) in [7, 11) is 0. The van der Waals surface area contributed by atoms with Gasteiger partial charge >= 0.3 is 0 Å². The van der Waals surface area contributed by atoms with Crippen LogP contribution in [0.3, 0.4) is 0 Å². The molecular formula is C19H19FN2O2. The molecule has 1 N–H and O–H groups in total. The lowest BCUT2D eigenvalue weighted by Crippen LogP contribution is -2.41. The fourth-order valence-corrected chi connectivity index (χ4v) is 2.57. The van der Waals surface area contributed by atoms with Gasteiger partial charge in [0.05, 0.1) is 6.54 Å². The molecule has 1 aliphatic carbocycles. The molecule has 3 rings (SSSR count). The molecule has 2 aromatic carbocycles. The van der Waals surface area contributed by atoms with Crippen LogP contribution < -0.4 is 5.32 Å². The minimum absolute atomic E-state index is 0.0846. The van der Waals surface area contributed by atoms with Gasteiger partial charge in [0.25, 0.3) is 5.91 Å². The van der Waals surface area contributed by atoms with Gasteiger partial charge in [0, 0.05) is 23.7 Å². The Morgan fingerprint density at radius 2 is 1.71 bits per heavy atom. The number of nitrogens with zero attached hydrogens (tertiary/aromatic N) is 1. The van der Waals surface area contributed by atoms with Gasteiger partial charge in [-0.2, -0.15) is 0 Å². The van der Waals surface area contributed by atoms with Gasteiger partial charge < -0.3 is 10.2 Å². The van der Waals surface area contributed by atoms with Crippen LogP contribution in [0.5, 0.6) is 0 Å². The Morgan fingerprint density at radius 1 is 1.04 bits per heavy atom. The number of carbonyl (C=O) groups is 2. The van der Waals surface area contributed by atoms with Gasteiger partial charge in [-0.05, 0) is 31.0 Å². The number of hydrogen-bond donors (Lipinski definition) is 1. The van der Waals surface area contributed by atoms with Crippen LogP contribution in [0.4, 0.5) is 4.39 Å². The summed E-state index contributed by atoms with van der Waals surface area (Å²) in [5.41, 5.74) is 1.00. The zero-order chi connectivity index (χ0) is 16.9. The minimum Gasteiger partial charge on any atom is -0.343 e. The van der Waals surface area contributed by atoms with E-state index in [1.807, 2.05) is 6.07 Å². The lowest BCUT2D eigenvalue weighted by Gasteiger charge is -2.23.